The van der Waals surface area contributed by atoms with E-state index in [1.165, 1.54) is 12.7 Å². The summed E-state index contributed by atoms with van der Waals surface area (Å²) >= 11 is 0. The summed E-state index contributed by atoms with van der Waals surface area (Å²) in [4.78, 5) is 26.9. The van der Waals surface area contributed by atoms with Crippen LogP contribution in [0, 0.1) is 20.8 Å². The van der Waals surface area contributed by atoms with Crippen LogP contribution in [0.3, 0.4) is 0 Å². The molecule has 146 valence electrons. The molecule has 5 heteroatoms. The maximum Gasteiger partial charge on any atom is 0.340 e. The van der Waals surface area contributed by atoms with Crippen molar-refractivity contribution in [3.05, 3.63) is 69.7 Å². The molecule has 0 saturated heterocycles. The van der Waals surface area contributed by atoms with Gasteiger partial charge in [0.2, 0.25) is 0 Å². The van der Waals surface area contributed by atoms with Crippen molar-refractivity contribution in [3.63, 3.8) is 0 Å². The fraction of sp³-hybridized carbons (Fsp3) is 0.304. The Balaban J connectivity index is 2.14. The van der Waals surface area contributed by atoms with E-state index in [1.807, 2.05) is 39.0 Å². The van der Waals surface area contributed by atoms with Crippen molar-refractivity contribution >= 4 is 18.0 Å². The molecule has 0 aliphatic carbocycles. The number of carbonyl (C=O) groups excluding carboxylic acids is 2. The van der Waals surface area contributed by atoms with E-state index >= 15 is 0 Å². The number of ether oxygens (including phenoxy) is 1. The number of allylic oxidation sites excluding steroid dienone is 1. The molecule has 1 aromatic heterocycles. The molecule has 0 spiro atoms. The highest BCUT2D eigenvalue weighted by Gasteiger charge is 2.36. The first-order valence-corrected chi connectivity index (χ1v) is 9.39. The number of likely N-dealkylation sites (N-methyl/N-ethyl adjacent to an activating group) is 1. The predicted octanol–water partition coefficient (Wildman–Crippen LogP) is 4.10. The summed E-state index contributed by atoms with van der Waals surface area (Å²) in [6.45, 7) is 10.3. The minimum Gasteiger partial charge on any atom is -0.465 e. The van der Waals surface area contributed by atoms with Crippen LogP contribution in [0.5, 0.6) is 0 Å². The van der Waals surface area contributed by atoms with E-state index in [2.05, 4.69) is 29.7 Å². The van der Waals surface area contributed by atoms with Crippen LogP contribution in [0.25, 0.3) is 11.8 Å². The lowest BCUT2D eigenvalue weighted by Gasteiger charge is -2.14. The Kier molecular flexibility index (Phi) is 5.27. The van der Waals surface area contributed by atoms with Gasteiger partial charge in [-0.05, 0) is 70.0 Å². The number of nitrogens with zero attached hydrogens (tertiary/aromatic N) is 2. The molecule has 1 aliphatic heterocycles. The normalized spacial score (nSPS) is 15.7. The van der Waals surface area contributed by atoms with Crippen LogP contribution in [-0.2, 0) is 14.3 Å². The molecule has 0 saturated carbocycles. The fourth-order valence-electron chi connectivity index (χ4n) is 3.86. The molecule has 1 aliphatic rings. The van der Waals surface area contributed by atoms with Gasteiger partial charge in [-0.15, -0.1) is 0 Å². The van der Waals surface area contributed by atoms with Gasteiger partial charge in [-0.3, -0.25) is 4.79 Å². The number of aromatic nitrogens is 1. The number of hydrogen-bond donors (Lipinski definition) is 0. The van der Waals surface area contributed by atoms with Gasteiger partial charge in [-0.2, -0.15) is 0 Å². The third-order valence-corrected chi connectivity index (χ3v) is 5.25. The first-order chi connectivity index (χ1) is 13.3. The molecule has 2 aromatic rings. The highest BCUT2D eigenvalue weighted by atomic mass is 16.5. The molecule has 0 N–H and O–H groups in total. The maximum atomic E-state index is 12.9. The molecule has 28 heavy (non-hydrogen) atoms. The number of esters is 1. The molecule has 0 fully saturated rings. The van der Waals surface area contributed by atoms with Gasteiger partial charge in [-0.25, -0.2) is 4.79 Å². The summed E-state index contributed by atoms with van der Waals surface area (Å²) in [7, 11) is 1.34. The number of amides is 1. The Morgan fingerprint density at radius 1 is 1.14 bits per heavy atom. The topological polar surface area (TPSA) is 51.5 Å². The molecule has 0 radical (unpaired) electrons. The van der Waals surface area contributed by atoms with Crippen molar-refractivity contribution in [2.75, 3.05) is 13.7 Å². The zero-order chi connectivity index (χ0) is 20.6. The Labute approximate surface area is 165 Å². The summed E-state index contributed by atoms with van der Waals surface area (Å²) < 4.78 is 7.09. The smallest absolute Gasteiger partial charge is 0.340 e. The van der Waals surface area contributed by atoms with E-state index in [0.717, 1.165) is 22.6 Å². The van der Waals surface area contributed by atoms with Gasteiger partial charge in [-0.1, -0.05) is 12.1 Å². The van der Waals surface area contributed by atoms with Gasteiger partial charge in [0.25, 0.3) is 5.91 Å². The van der Waals surface area contributed by atoms with Crippen LogP contribution in [-0.4, -0.2) is 35.0 Å². The van der Waals surface area contributed by atoms with Crippen molar-refractivity contribution in [1.82, 2.24) is 9.47 Å². The second-order valence-electron chi connectivity index (χ2n) is 7.06. The molecular formula is C23H26N2O3. The Morgan fingerprint density at radius 3 is 2.46 bits per heavy atom. The van der Waals surface area contributed by atoms with Crippen LogP contribution in [0.4, 0.5) is 0 Å². The van der Waals surface area contributed by atoms with Crippen LogP contribution in [0.15, 0.2) is 47.2 Å². The minimum absolute atomic E-state index is 0.166. The fourth-order valence-corrected chi connectivity index (χ4v) is 3.86. The van der Waals surface area contributed by atoms with Gasteiger partial charge in [0, 0.05) is 29.3 Å². The summed E-state index contributed by atoms with van der Waals surface area (Å²) in [5, 5.41) is 0. The SMILES string of the molecule is CCN1C(=O)/C(=C/c2cc(C)n(-c3cccc(C)c3)c2C)C(C(=O)OC)=C1C. The van der Waals surface area contributed by atoms with Gasteiger partial charge in [0.1, 0.15) is 0 Å². The van der Waals surface area contributed by atoms with Crippen LogP contribution in [0.2, 0.25) is 0 Å². The number of hydrogen-bond acceptors (Lipinski definition) is 3. The van der Waals surface area contributed by atoms with Gasteiger partial charge in [0.15, 0.2) is 0 Å². The second kappa shape index (κ2) is 7.50. The van der Waals surface area contributed by atoms with Crippen LogP contribution in [0.1, 0.15) is 36.4 Å². The number of methoxy groups -OCH3 is 1. The summed E-state index contributed by atoms with van der Waals surface area (Å²) in [6, 6.07) is 10.3. The number of benzene rings is 1. The Bertz CT molecular complexity index is 1020. The quantitative estimate of drug-likeness (QED) is 0.595. The van der Waals surface area contributed by atoms with Crippen LogP contribution < -0.4 is 0 Å². The van der Waals surface area contributed by atoms with E-state index in [0.29, 0.717) is 23.4 Å². The van der Waals surface area contributed by atoms with Crippen LogP contribution >= 0.6 is 0 Å². The number of aryl methyl sites for hydroxylation is 2. The highest BCUT2D eigenvalue weighted by molar-refractivity contribution is 6.16. The average Bonchev–Trinajstić information content (AvgIpc) is 3.07. The first-order valence-electron chi connectivity index (χ1n) is 9.39. The summed E-state index contributed by atoms with van der Waals surface area (Å²) in [5.41, 5.74) is 6.61. The molecule has 2 heterocycles. The largest absolute Gasteiger partial charge is 0.465 e. The van der Waals surface area contributed by atoms with E-state index < -0.39 is 5.97 Å². The van der Waals surface area contributed by atoms with Crippen molar-refractivity contribution in [3.8, 4) is 5.69 Å². The molecule has 1 amide bonds. The minimum atomic E-state index is -0.486. The summed E-state index contributed by atoms with van der Waals surface area (Å²) in [5.74, 6) is -0.652. The van der Waals surface area contributed by atoms with E-state index in [-0.39, 0.29) is 5.91 Å². The molecular weight excluding hydrogens is 352 g/mol. The molecule has 3 rings (SSSR count). The van der Waals surface area contributed by atoms with Crippen molar-refractivity contribution in [1.29, 1.82) is 0 Å². The second-order valence-corrected chi connectivity index (χ2v) is 7.06. The van der Waals surface area contributed by atoms with Gasteiger partial charge >= 0.3 is 5.97 Å². The Hall–Kier alpha value is -3.08. The lowest BCUT2D eigenvalue weighted by molar-refractivity contribution is -0.136. The molecule has 5 nitrogen and oxygen atoms in total. The number of carbonyl (C=O) groups is 2. The third-order valence-electron chi connectivity index (χ3n) is 5.25. The third kappa shape index (κ3) is 3.17. The molecule has 0 bridgehead atoms. The van der Waals surface area contributed by atoms with E-state index in [9.17, 15) is 9.59 Å². The Morgan fingerprint density at radius 2 is 1.86 bits per heavy atom. The molecule has 0 unspecified atom stereocenters. The van der Waals surface area contributed by atoms with E-state index in [1.54, 1.807) is 11.8 Å². The summed E-state index contributed by atoms with van der Waals surface area (Å²) in [6.07, 6.45) is 1.81. The van der Waals surface area contributed by atoms with E-state index in [4.69, 9.17) is 4.74 Å². The van der Waals surface area contributed by atoms with Gasteiger partial charge < -0.3 is 14.2 Å². The maximum absolute atomic E-state index is 12.9. The standard InChI is InChI=1S/C23H26N2O3/c1-7-24-17(5)21(23(27)28-6)20(22(24)26)13-18-12-15(3)25(16(18)4)19-10-8-9-14(2)11-19/h8-13H,7H2,1-6H3/b20-13+. The van der Waals surface area contributed by atoms with Crippen molar-refractivity contribution in [2.45, 2.75) is 34.6 Å². The highest BCUT2D eigenvalue weighted by Crippen LogP contribution is 2.33. The van der Waals surface area contributed by atoms with Crippen molar-refractivity contribution < 1.29 is 14.3 Å². The monoisotopic (exact) mass is 378 g/mol. The average molecular weight is 378 g/mol. The molecule has 1 aromatic carbocycles. The zero-order valence-corrected chi connectivity index (χ0v) is 17.3. The van der Waals surface area contributed by atoms with Gasteiger partial charge in [0.05, 0.1) is 18.3 Å². The lowest BCUT2D eigenvalue weighted by Crippen LogP contribution is -2.24. The number of rotatable bonds is 4. The molecule has 0 atom stereocenters. The lowest BCUT2D eigenvalue weighted by atomic mass is 10.0. The predicted molar refractivity (Wildman–Crippen MR) is 110 cm³/mol. The first kappa shape index (κ1) is 19.7. The zero-order valence-electron chi connectivity index (χ0n) is 17.3. The van der Waals surface area contributed by atoms with Crippen molar-refractivity contribution in [2.24, 2.45) is 0 Å².